The number of carbonyl (C=O) groups excluding carboxylic acids is 2. The first-order chi connectivity index (χ1) is 15.6. The molecule has 0 saturated carbocycles. The maximum Gasteiger partial charge on any atom is 0.422 e. The number of fused-ring (bicyclic) bond motifs is 1. The van der Waals surface area contributed by atoms with Crippen molar-refractivity contribution in [3.63, 3.8) is 0 Å². The number of amides is 3. The highest BCUT2D eigenvalue weighted by Crippen LogP contribution is 2.31. The molecular weight excluding hydrogens is 466 g/mol. The van der Waals surface area contributed by atoms with Crippen LogP contribution in [0.15, 0.2) is 42.5 Å². The lowest BCUT2D eigenvalue weighted by molar-refractivity contribution is -0.153. The molecule has 1 atom stereocenters. The molecule has 2 aromatic carbocycles. The van der Waals surface area contributed by atoms with Gasteiger partial charge in [-0.2, -0.15) is 13.2 Å². The maximum atomic E-state index is 13.4. The summed E-state index contributed by atoms with van der Waals surface area (Å²) in [6, 6.07) is 9.87. The van der Waals surface area contributed by atoms with Crippen molar-refractivity contribution in [1.29, 1.82) is 0 Å². The Hall–Kier alpha value is -3.01. The third-order valence-electron chi connectivity index (χ3n) is 5.05. The lowest BCUT2D eigenvalue weighted by Gasteiger charge is -2.29. The van der Waals surface area contributed by atoms with Gasteiger partial charge in [0.25, 0.3) is 5.91 Å². The molecule has 33 heavy (non-hydrogen) atoms. The first-order valence-corrected chi connectivity index (χ1v) is 10.5. The number of hydrogen-bond donors (Lipinski definition) is 1. The van der Waals surface area contributed by atoms with Gasteiger partial charge in [0, 0.05) is 31.4 Å². The first kappa shape index (κ1) is 24.6. The third kappa shape index (κ3) is 6.07. The number of rotatable bonds is 5. The average molecular weight is 488 g/mol. The molecule has 0 radical (unpaired) electrons. The summed E-state index contributed by atoms with van der Waals surface area (Å²) in [5, 5.41) is 2.43. The molecule has 0 fully saturated rings. The van der Waals surface area contributed by atoms with Crippen molar-refractivity contribution in [2.45, 2.75) is 25.7 Å². The molecule has 0 spiro atoms. The molecule has 6 nitrogen and oxygen atoms in total. The van der Waals surface area contributed by atoms with Crippen molar-refractivity contribution in [3.05, 3.63) is 58.6 Å². The predicted molar refractivity (Wildman–Crippen MR) is 115 cm³/mol. The van der Waals surface area contributed by atoms with E-state index >= 15 is 0 Å². The van der Waals surface area contributed by atoms with Crippen LogP contribution in [0.1, 0.15) is 22.8 Å². The van der Waals surface area contributed by atoms with Gasteiger partial charge >= 0.3 is 12.2 Å². The zero-order chi connectivity index (χ0) is 24.2. The zero-order valence-electron chi connectivity index (χ0n) is 17.7. The molecule has 1 aliphatic heterocycles. The van der Waals surface area contributed by atoms with Crippen molar-refractivity contribution < 1.29 is 31.9 Å². The van der Waals surface area contributed by atoms with Crippen LogP contribution >= 0.6 is 11.6 Å². The van der Waals surface area contributed by atoms with E-state index in [0.29, 0.717) is 11.3 Å². The van der Waals surface area contributed by atoms with E-state index in [1.54, 1.807) is 31.2 Å². The molecule has 1 aliphatic rings. The summed E-state index contributed by atoms with van der Waals surface area (Å²) in [4.78, 5) is 28.9. The monoisotopic (exact) mass is 487 g/mol. The van der Waals surface area contributed by atoms with E-state index in [0.717, 1.165) is 6.07 Å². The van der Waals surface area contributed by atoms with E-state index in [1.165, 1.54) is 21.9 Å². The molecule has 178 valence electrons. The molecule has 3 rings (SSSR count). The fourth-order valence-electron chi connectivity index (χ4n) is 3.50. The molecule has 0 saturated heterocycles. The number of ether oxygens (including phenoxy) is 1. The minimum Gasteiger partial charge on any atom is -0.484 e. The Kier molecular flexibility index (Phi) is 7.68. The van der Waals surface area contributed by atoms with E-state index < -0.39 is 37.4 Å². The van der Waals surface area contributed by atoms with Crippen LogP contribution in [0.4, 0.5) is 28.0 Å². The van der Waals surface area contributed by atoms with Gasteiger partial charge in [0.15, 0.2) is 6.61 Å². The van der Waals surface area contributed by atoms with Crippen molar-refractivity contribution in [2.75, 3.05) is 31.3 Å². The highest BCUT2D eigenvalue weighted by molar-refractivity contribution is 6.34. The number of nitrogens with zero attached hydrogens (tertiary/aromatic N) is 2. The molecule has 11 heteroatoms. The summed E-state index contributed by atoms with van der Waals surface area (Å²) in [6.07, 6.45) is -4.50. The number of halogens is 5. The SMILES string of the molecule is C[C@@H]1CN(C(=O)c2ccc(OCC(F)(F)F)cc2Cl)c2ccccc2CN1C(=O)NCCF. The number of alkyl halides is 4. The third-order valence-corrected chi connectivity index (χ3v) is 5.36. The summed E-state index contributed by atoms with van der Waals surface area (Å²) < 4.78 is 54.4. The topological polar surface area (TPSA) is 61.9 Å². The Morgan fingerprint density at radius 2 is 1.94 bits per heavy atom. The summed E-state index contributed by atoms with van der Waals surface area (Å²) in [5.41, 5.74) is 1.35. The minimum absolute atomic E-state index is 0.0633. The lowest BCUT2D eigenvalue weighted by atomic mass is 10.1. The molecule has 0 unspecified atom stereocenters. The first-order valence-electron chi connectivity index (χ1n) is 10.1. The highest BCUT2D eigenvalue weighted by atomic mass is 35.5. The second kappa shape index (κ2) is 10.3. The van der Waals surface area contributed by atoms with Gasteiger partial charge in [-0.15, -0.1) is 0 Å². The van der Waals surface area contributed by atoms with Gasteiger partial charge in [-0.25, -0.2) is 9.18 Å². The van der Waals surface area contributed by atoms with Crippen LogP contribution in [0.25, 0.3) is 0 Å². The smallest absolute Gasteiger partial charge is 0.422 e. The summed E-state index contributed by atoms with van der Waals surface area (Å²) in [6.45, 7) is -0.204. The van der Waals surface area contributed by atoms with Gasteiger partial charge in [0.05, 0.1) is 10.6 Å². The molecule has 0 aliphatic carbocycles. The summed E-state index contributed by atoms with van der Waals surface area (Å²) in [7, 11) is 0. The molecule has 2 aromatic rings. The predicted octanol–water partition coefficient (Wildman–Crippen LogP) is 4.81. The van der Waals surface area contributed by atoms with Crippen molar-refractivity contribution in [2.24, 2.45) is 0 Å². The largest absolute Gasteiger partial charge is 0.484 e. The standard InChI is InChI=1S/C22H22ClF4N3O3/c1-14-11-30(19-5-3-2-4-15(19)12-29(14)21(32)28-9-8-24)20(31)17-7-6-16(10-18(17)23)33-13-22(25,26)27/h2-7,10,14H,8-9,11-13H2,1H3,(H,28,32)/t14-/m1/s1. The second-order valence-electron chi connectivity index (χ2n) is 7.49. The van der Waals surface area contributed by atoms with Gasteiger partial charge in [0.1, 0.15) is 12.4 Å². The number of benzene rings is 2. The van der Waals surface area contributed by atoms with E-state index in [-0.39, 0.29) is 36.0 Å². The lowest BCUT2D eigenvalue weighted by Crippen LogP contribution is -2.48. The number of carbonyl (C=O) groups is 2. The second-order valence-corrected chi connectivity index (χ2v) is 7.90. The Morgan fingerprint density at radius 3 is 2.61 bits per heavy atom. The van der Waals surface area contributed by atoms with Crippen molar-refractivity contribution >= 4 is 29.2 Å². The van der Waals surface area contributed by atoms with Crippen LogP contribution in [-0.2, 0) is 6.54 Å². The number of urea groups is 1. The van der Waals surface area contributed by atoms with Gasteiger partial charge < -0.3 is 19.9 Å². The van der Waals surface area contributed by atoms with Crippen molar-refractivity contribution in [3.8, 4) is 5.75 Å². The fourth-order valence-corrected chi connectivity index (χ4v) is 3.75. The molecule has 0 bridgehead atoms. The number of para-hydroxylation sites is 1. The molecular formula is C22H22ClF4N3O3. The van der Waals surface area contributed by atoms with Gasteiger partial charge in [-0.1, -0.05) is 29.8 Å². The maximum absolute atomic E-state index is 13.4. The van der Waals surface area contributed by atoms with Crippen LogP contribution in [0.2, 0.25) is 5.02 Å². The molecule has 3 amide bonds. The number of anilines is 1. The van der Waals surface area contributed by atoms with Gasteiger partial charge in [-0.3, -0.25) is 4.79 Å². The molecule has 0 aromatic heterocycles. The van der Waals surface area contributed by atoms with Crippen LogP contribution in [0, 0.1) is 0 Å². The van der Waals surface area contributed by atoms with Crippen LogP contribution < -0.4 is 15.0 Å². The summed E-state index contributed by atoms with van der Waals surface area (Å²) >= 11 is 6.22. The van der Waals surface area contributed by atoms with Crippen molar-refractivity contribution in [1.82, 2.24) is 10.2 Å². The van der Waals surface area contributed by atoms with Gasteiger partial charge in [0.2, 0.25) is 0 Å². The quantitative estimate of drug-likeness (QED) is 0.616. The van der Waals surface area contributed by atoms with Crippen LogP contribution in [0.3, 0.4) is 0 Å². The minimum atomic E-state index is -4.50. The van der Waals surface area contributed by atoms with Gasteiger partial charge in [-0.05, 0) is 36.8 Å². The molecule has 1 heterocycles. The number of nitrogens with one attached hydrogen (secondary N) is 1. The van der Waals surface area contributed by atoms with Crippen LogP contribution in [0.5, 0.6) is 5.75 Å². The normalized spacial score (nSPS) is 16.1. The van der Waals surface area contributed by atoms with Crippen LogP contribution in [-0.4, -0.2) is 55.4 Å². The molecule has 1 N–H and O–H groups in total. The fraction of sp³-hybridized carbons (Fsp3) is 0.364. The Morgan fingerprint density at radius 1 is 1.21 bits per heavy atom. The average Bonchev–Trinajstić information content (AvgIpc) is 2.92. The Bertz CT molecular complexity index is 1020. The Labute approximate surface area is 193 Å². The zero-order valence-corrected chi connectivity index (χ0v) is 18.4. The van der Waals surface area contributed by atoms with E-state index in [9.17, 15) is 27.2 Å². The van der Waals surface area contributed by atoms with E-state index in [1.807, 2.05) is 0 Å². The number of hydrogen-bond acceptors (Lipinski definition) is 3. The van der Waals surface area contributed by atoms with E-state index in [4.69, 9.17) is 11.6 Å². The van der Waals surface area contributed by atoms with E-state index in [2.05, 4.69) is 10.1 Å². The Balaban J connectivity index is 1.88. The summed E-state index contributed by atoms with van der Waals surface area (Å²) in [5.74, 6) is -0.595. The highest BCUT2D eigenvalue weighted by Gasteiger charge is 2.32.